The molecule has 2 heterocycles. The van der Waals surface area contributed by atoms with Crippen molar-refractivity contribution < 1.29 is 4.79 Å². The van der Waals surface area contributed by atoms with E-state index in [0.29, 0.717) is 0 Å². The molecule has 4 nitrogen and oxygen atoms in total. The van der Waals surface area contributed by atoms with E-state index in [9.17, 15) is 4.79 Å². The Labute approximate surface area is 121 Å². The Morgan fingerprint density at radius 2 is 1.70 bits per heavy atom. The summed E-state index contributed by atoms with van der Waals surface area (Å²) >= 11 is 0. The van der Waals surface area contributed by atoms with Gasteiger partial charge in [-0.3, -0.25) is 4.79 Å². The highest BCUT2D eigenvalue weighted by Gasteiger charge is 2.21. The van der Waals surface area contributed by atoms with E-state index in [0.717, 1.165) is 44.8 Å². The number of likely N-dealkylation sites (N-methyl/N-ethyl adjacent to an activating group) is 1. The Kier molecular flexibility index (Phi) is 3.92. The third-order valence-electron chi connectivity index (χ3n) is 4.35. The summed E-state index contributed by atoms with van der Waals surface area (Å²) in [5, 5.41) is 0. The van der Waals surface area contributed by atoms with E-state index in [4.69, 9.17) is 0 Å². The molecule has 2 fully saturated rings. The third kappa shape index (κ3) is 2.80. The van der Waals surface area contributed by atoms with Crippen molar-refractivity contribution >= 4 is 11.6 Å². The van der Waals surface area contributed by atoms with Crippen LogP contribution in [0.15, 0.2) is 24.3 Å². The molecule has 0 unspecified atom stereocenters. The summed E-state index contributed by atoms with van der Waals surface area (Å²) in [4.78, 5) is 19.2. The molecule has 0 N–H and O–H groups in total. The third-order valence-corrected chi connectivity index (χ3v) is 4.35. The maximum atomic E-state index is 12.6. The van der Waals surface area contributed by atoms with Gasteiger partial charge in [0.25, 0.3) is 5.91 Å². The summed E-state index contributed by atoms with van der Waals surface area (Å²) < 4.78 is 0. The Balaban J connectivity index is 1.72. The van der Waals surface area contributed by atoms with Gasteiger partial charge in [0.15, 0.2) is 0 Å². The van der Waals surface area contributed by atoms with Gasteiger partial charge in [0, 0.05) is 50.5 Å². The second kappa shape index (κ2) is 5.83. The first kappa shape index (κ1) is 13.4. The quantitative estimate of drug-likeness (QED) is 0.820. The molecule has 108 valence electrons. The van der Waals surface area contributed by atoms with Gasteiger partial charge in [-0.05, 0) is 38.1 Å². The van der Waals surface area contributed by atoms with Gasteiger partial charge >= 0.3 is 0 Å². The molecule has 2 aliphatic heterocycles. The van der Waals surface area contributed by atoms with Crippen molar-refractivity contribution in [2.24, 2.45) is 0 Å². The van der Waals surface area contributed by atoms with E-state index < -0.39 is 0 Å². The van der Waals surface area contributed by atoms with Crippen molar-refractivity contribution in [2.75, 3.05) is 51.2 Å². The highest BCUT2D eigenvalue weighted by Crippen LogP contribution is 2.22. The first-order valence-electron chi connectivity index (χ1n) is 7.57. The molecule has 20 heavy (non-hydrogen) atoms. The molecule has 1 aromatic rings. The van der Waals surface area contributed by atoms with Crippen molar-refractivity contribution in [3.63, 3.8) is 0 Å². The second-order valence-electron chi connectivity index (χ2n) is 5.84. The van der Waals surface area contributed by atoms with Gasteiger partial charge in [-0.2, -0.15) is 0 Å². The number of hydrogen-bond acceptors (Lipinski definition) is 3. The lowest BCUT2D eigenvalue weighted by Crippen LogP contribution is -2.47. The highest BCUT2D eigenvalue weighted by atomic mass is 16.2. The van der Waals surface area contributed by atoms with Crippen molar-refractivity contribution in [1.82, 2.24) is 9.80 Å². The van der Waals surface area contributed by atoms with Gasteiger partial charge in [-0.25, -0.2) is 0 Å². The van der Waals surface area contributed by atoms with Crippen molar-refractivity contribution in [3.05, 3.63) is 29.8 Å². The molecule has 1 amide bonds. The predicted molar refractivity (Wildman–Crippen MR) is 81.3 cm³/mol. The number of carbonyl (C=O) groups excluding carboxylic acids is 1. The lowest BCUT2D eigenvalue weighted by Gasteiger charge is -2.32. The SMILES string of the molecule is CN1CCN(C(=O)c2cccc(N3CCCC3)c2)CC1. The van der Waals surface area contributed by atoms with Crippen LogP contribution in [0, 0.1) is 0 Å². The summed E-state index contributed by atoms with van der Waals surface area (Å²) in [6.07, 6.45) is 2.52. The van der Waals surface area contributed by atoms with Crippen molar-refractivity contribution in [2.45, 2.75) is 12.8 Å². The number of rotatable bonds is 2. The van der Waals surface area contributed by atoms with Gasteiger partial charge in [-0.1, -0.05) is 6.07 Å². The zero-order chi connectivity index (χ0) is 13.9. The largest absolute Gasteiger partial charge is 0.372 e. The smallest absolute Gasteiger partial charge is 0.254 e. The molecule has 1 aromatic carbocycles. The number of nitrogens with zero attached hydrogens (tertiary/aromatic N) is 3. The van der Waals surface area contributed by atoms with Crippen LogP contribution in [0.4, 0.5) is 5.69 Å². The number of piperazine rings is 1. The van der Waals surface area contributed by atoms with Gasteiger partial charge in [0.1, 0.15) is 0 Å². The summed E-state index contributed by atoms with van der Waals surface area (Å²) in [5.74, 6) is 0.180. The molecule has 3 rings (SSSR count). The molecule has 0 radical (unpaired) electrons. The zero-order valence-corrected chi connectivity index (χ0v) is 12.2. The normalized spacial score (nSPS) is 20.4. The predicted octanol–water partition coefficient (Wildman–Crippen LogP) is 1.67. The van der Waals surface area contributed by atoms with Crippen LogP contribution in [0.25, 0.3) is 0 Å². The van der Waals surface area contributed by atoms with Gasteiger partial charge in [0.05, 0.1) is 0 Å². The van der Waals surface area contributed by atoms with Crippen LogP contribution in [0.5, 0.6) is 0 Å². The minimum Gasteiger partial charge on any atom is -0.372 e. The van der Waals surface area contributed by atoms with Gasteiger partial charge in [-0.15, -0.1) is 0 Å². The maximum Gasteiger partial charge on any atom is 0.254 e. The fourth-order valence-corrected chi connectivity index (χ4v) is 3.00. The first-order valence-corrected chi connectivity index (χ1v) is 7.57. The maximum absolute atomic E-state index is 12.6. The number of anilines is 1. The number of benzene rings is 1. The van der Waals surface area contributed by atoms with Crippen molar-refractivity contribution in [1.29, 1.82) is 0 Å². The lowest BCUT2D eigenvalue weighted by atomic mass is 10.1. The highest BCUT2D eigenvalue weighted by molar-refractivity contribution is 5.95. The Morgan fingerprint density at radius 1 is 1.00 bits per heavy atom. The molecule has 0 spiro atoms. The molecular formula is C16H23N3O. The topological polar surface area (TPSA) is 26.8 Å². The van der Waals surface area contributed by atoms with Gasteiger partial charge in [0.2, 0.25) is 0 Å². The Hall–Kier alpha value is -1.55. The average Bonchev–Trinajstić information content (AvgIpc) is 3.02. The molecule has 2 aliphatic rings. The van der Waals surface area contributed by atoms with E-state index in [-0.39, 0.29) is 5.91 Å². The van der Waals surface area contributed by atoms with Gasteiger partial charge < -0.3 is 14.7 Å². The van der Waals surface area contributed by atoms with Crippen LogP contribution in [-0.2, 0) is 0 Å². The Bertz CT molecular complexity index is 474. The molecule has 0 saturated carbocycles. The summed E-state index contributed by atoms with van der Waals surface area (Å²) in [6, 6.07) is 8.13. The lowest BCUT2D eigenvalue weighted by molar-refractivity contribution is 0.0664. The number of hydrogen-bond donors (Lipinski definition) is 0. The number of carbonyl (C=O) groups is 1. The molecule has 0 bridgehead atoms. The summed E-state index contributed by atoms with van der Waals surface area (Å²) in [7, 11) is 2.11. The van der Waals surface area contributed by atoms with Crippen LogP contribution in [0.1, 0.15) is 23.2 Å². The number of amides is 1. The molecule has 0 atom stereocenters. The monoisotopic (exact) mass is 273 g/mol. The zero-order valence-electron chi connectivity index (χ0n) is 12.2. The molecule has 0 aromatic heterocycles. The van der Waals surface area contributed by atoms with E-state index >= 15 is 0 Å². The van der Waals surface area contributed by atoms with Crippen LogP contribution in [0.2, 0.25) is 0 Å². The van der Waals surface area contributed by atoms with Crippen LogP contribution < -0.4 is 4.90 Å². The molecule has 2 saturated heterocycles. The van der Waals surface area contributed by atoms with E-state index in [1.165, 1.54) is 18.5 Å². The summed E-state index contributed by atoms with van der Waals surface area (Å²) in [5.41, 5.74) is 2.03. The van der Waals surface area contributed by atoms with E-state index in [2.05, 4.69) is 29.0 Å². The molecular weight excluding hydrogens is 250 g/mol. The molecule has 4 heteroatoms. The standard InChI is InChI=1S/C16H23N3O/c1-17-9-11-19(12-10-17)16(20)14-5-4-6-15(13-14)18-7-2-3-8-18/h4-6,13H,2-3,7-12H2,1H3. The molecule has 0 aliphatic carbocycles. The van der Waals surface area contributed by atoms with Crippen LogP contribution >= 0.6 is 0 Å². The fraction of sp³-hybridized carbons (Fsp3) is 0.562. The minimum atomic E-state index is 0.180. The average molecular weight is 273 g/mol. The fourth-order valence-electron chi connectivity index (χ4n) is 3.00. The van der Waals surface area contributed by atoms with Crippen molar-refractivity contribution in [3.8, 4) is 0 Å². The van der Waals surface area contributed by atoms with Crippen LogP contribution in [-0.4, -0.2) is 62.0 Å². The minimum absolute atomic E-state index is 0.180. The first-order chi connectivity index (χ1) is 9.74. The van der Waals surface area contributed by atoms with E-state index in [1.807, 2.05) is 17.0 Å². The Morgan fingerprint density at radius 3 is 2.40 bits per heavy atom. The van der Waals surface area contributed by atoms with Crippen LogP contribution in [0.3, 0.4) is 0 Å². The second-order valence-corrected chi connectivity index (χ2v) is 5.84. The summed E-state index contributed by atoms with van der Waals surface area (Å²) in [6.45, 7) is 5.85. The van der Waals surface area contributed by atoms with E-state index in [1.54, 1.807) is 0 Å².